The minimum absolute atomic E-state index is 0.0804. The topological polar surface area (TPSA) is 81.5 Å². The van der Waals surface area contributed by atoms with Crippen molar-refractivity contribution in [3.63, 3.8) is 0 Å². The Morgan fingerprint density at radius 2 is 2.15 bits per heavy atom. The highest BCUT2D eigenvalue weighted by molar-refractivity contribution is 7.90. The first-order chi connectivity index (χ1) is 16.4. The van der Waals surface area contributed by atoms with Crippen LogP contribution in [0.25, 0.3) is 0 Å². The van der Waals surface area contributed by atoms with Gasteiger partial charge in [-0.1, -0.05) is 30.3 Å². The summed E-state index contributed by atoms with van der Waals surface area (Å²) in [5.74, 6) is -1.26. The highest BCUT2D eigenvalue weighted by Gasteiger charge is 2.29. The van der Waals surface area contributed by atoms with E-state index >= 15 is 0 Å². The van der Waals surface area contributed by atoms with Crippen LogP contribution in [-0.4, -0.2) is 48.0 Å². The van der Waals surface area contributed by atoms with Gasteiger partial charge in [0.2, 0.25) is 15.0 Å². The van der Waals surface area contributed by atoms with Crippen molar-refractivity contribution in [2.75, 3.05) is 13.2 Å². The third-order valence-corrected chi connectivity index (χ3v) is 8.05. The molecule has 1 aromatic carbocycles. The smallest absolute Gasteiger partial charge is 0.264 e. The second-order valence-electron chi connectivity index (χ2n) is 8.08. The van der Waals surface area contributed by atoms with Crippen LogP contribution in [0.3, 0.4) is 0 Å². The fourth-order valence-electron chi connectivity index (χ4n) is 3.97. The van der Waals surface area contributed by atoms with E-state index in [0.29, 0.717) is 23.7 Å². The van der Waals surface area contributed by atoms with Gasteiger partial charge in [0.05, 0.1) is 41.7 Å². The molecule has 34 heavy (non-hydrogen) atoms. The average molecular weight is 504 g/mol. The molecule has 3 aromatic rings. The number of hydrogen-bond acceptors (Lipinski definition) is 6. The van der Waals surface area contributed by atoms with Crippen LogP contribution in [-0.2, 0) is 33.4 Å². The Balaban J connectivity index is 1.67. The lowest BCUT2D eigenvalue weighted by molar-refractivity contribution is 0.0756. The normalized spacial score (nSPS) is 16.0. The fourth-order valence-corrected chi connectivity index (χ4v) is 6.17. The van der Waals surface area contributed by atoms with E-state index in [9.17, 15) is 17.6 Å². The molecule has 1 aliphatic heterocycles. The van der Waals surface area contributed by atoms with E-state index in [-0.39, 0.29) is 35.8 Å². The average Bonchev–Trinajstić information content (AvgIpc) is 3.58. The van der Waals surface area contributed by atoms with Crippen LogP contribution < -0.4 is 0 Å². The number of ether oxygens (including phenoxy) is 1. The Kier molecular flexibility index (Phi) is 7.60. The van der Waals surface area contributed by atoms with Gasteiger partial charge in [0, 0.05) is 18.7 Å². The molecule has 1 fully saturated rings. The molecule has 2 aromatic heterocycles. The van der Waals surface area contributed by atoms with Crippen LogP contribution in [0.4, 0.5) is 4.39 Å². The van der Waals surface area contributed by atoms with E-state index in [1.165, 1.54) is 35.7 Å². The molecule has 0 bridgehead atoms. The summed E-state index contributed by atoms with van der Waals surface area (Å²) in [6, 6.07) is 9.35. The molecular weight excluding hydrogens is 477 g/mol. The number of sulfone groups is 1. The SMILES string of the molecule is C=CCN(Cc1cnc(S(=O)(=O)Cc2ccccc2F)n1C[C@@H]1CCCO1)C(=O)c1cccs1. The van der Waals surface area contributed by atoms with Gasteiger partial charge in [-0.05, 0) is 30.4 Å². The van der Waals surface area contributed by atoms with Gasteiger partial charge in [0.15, 0.2) is 0 Å². The number of nitrogens with zero attached hydrogens (tertiary/aromatic N) is 3. The van der Waals surface area contributed by atoms with Crippen LogP contribution in [0.5, 0.6) is 0 Å². The number of imidazole rings is 1. The summed E-state index contributed by atoms with van der Waals surface area (Å²) in [6.45, 7) is 5.09. The fraction of sp³-hybridized carbons (Fsp3) is 0.333. The van der Waals surface area contributed by atoms with Gasteiger partial charge >= 0.3 is 0 Å². The molecule has 1 aliphatic rings. The third-order valence-electron chi connectivity index (χ3n) is 5.61. The van der Waals surface area contributed by atoms with Crippen LogP contribution in [0.1, 0.15) is 33.8 Å². The van der Waals surface area contributed by atoms with E-state index in [1.807, 2.05) is 5.38 Å². The van der Waals surface area contributed by atoms with Crippen molar-refractivity contribution in [1.29, 1.82) is 0 Å². The van der Waals surface area contributed by atoms with Crippen molar-refractivity contribution in [2.24, 2.45) is 0 Å². The summed E-state index contributed by atoms with van der Waals surface area (Å²) in [4.78, 5) is 19.4. The Bertz CT molecular complexity index is 1250. The van der Waals surface area contributed by atoms with Crippen molar-refractivity contribution >= 4 is 27.1 Å². The first-order valence-electron chi connectivity index (χ1n) is 10.9. The molecule has 0 unspecified atom stereocenters. The molecule has 1 saturated heterocycles. The largest absolute Gasteiger partial charge is 0.376 e. The van der Waals surface area contributed by atoms with E-state index in [4.69, 9.17) is 4.74 Å². The summed E-state index contributed by atoms with van der Waals surface area (Å²) < 4.78 is 48.1. The van der Waals surface area contributed by atoms with Crippen molar-refractivity contribution in [1.82, 2.24) is 14.5 Å². The maximum atomic E-state index is 14.2. The molecule has 1 amide bonds. The Hall–Kier alpha value is -2.82. The first kappa shape index (κ1) is 24.3. The molecule has 10 heteroatoms. The molecule has 4 rings (SSSR count). The van der Waals surface area contributed by atoms with Crippen molar-refractivity contribution in [3.8, 4) is 0 Å². The molecule has 3 heterocycles. The number of amides is 1. The first-order valence-corrected chi connectivity index (χ1v) is 13.5. The number of thiophene rings is 1. The van der Waals surface area contributed by atoms with Crippen LogP contribution >= 0.6 is 11.3 Å². The molecule has 0 saturated carbocycles. The summed E-state index contributed by atoms with van der Waals surface area (Å²) in [7, 11) is -3.96. The van der Waals surface area contributed by atoms with E-state index < -0.39 is 21.4 Å². The molecule has 180 valence electrons. The van der Waals surface area contributed by atoms with Gasteiger partial charge in [0.1, 0.15) is 5.82 Å². The lowest BCUT2D eigenvalue weighted by Gasteiger charge is -2.22. The van der Waals surface area contributed by atoms with Crippen molar-refractivity contribution in [3.05, 3.63) is 82.6 Å². The van der Waals surface area contributed by atoms with Gasteiger partial charge in [-0.3, -0.25) is 4.79 Å². The van der Waals surface area contributed by atoms with Gasteiger partial charge in [-0.2, -0.15) is 0 Å². The third kappa shape index (κ3) is 5.45. The predicted molar refractivity (Wildman–Crippen MR) is 128 cm³/mol. The van der Waals surface area contributed by atoms with Crippen molar-refractivity contribution in [2.45, 2.75) is 42.9 Å². The highest BCUT2D eigenvalue weighted by atomic mass is 32.2. The lowest BCUT2D eigenvalue weighted by atomic mass is 10.2. The minimum atomic E-state index is -3.96. The Morgan fingerprint density at radius 1 is 1.32 bits per heavy atom. The number of benzene rings is 1. The van der Waals surface area contributed by atoms with Crippen molar-refractivity contribution < 1.29 is 22.3 Å². The number of carbonyl (C=O) groups excluding carboxylic acids is 1. The number of carbonyl (C=O) groups is 1. The van der Waals surface area contributed by atoms with E-state index in [0.717, 1.165) is 12.8 Å². The summed E-state index contributed by atoms with van der Waals surface area (Å²) in [5.41, 5.74) is 0.645. The second kappa shape index (κ2) is 10.6. The maximum absolute atomic E-state index is 14.2. The second-order valence-corrected chi connectivity index (χ2v) is 10.9. The molecule has 1 atom stereocenters. The molecule has 0 N–H and O–H groups in total. The van der Waals surface area contributed by atoms with Crippen LogP contribution in [0.2, 0.25) is 0 Å². The maximum Gasteiger partial charge on any atom is 0.264 e. The minimum Gasteiger partial charge on any atom is -0.376 e. The van der Waals surface area contributed by atoms with Gasteiger partial charge in [-0.25, -0.2) is 17.8 Å². The summed E-state index contributed by atoms with van der Waals surface area (Å²) in [5, 5.41) is 1.68. The monoisotopic (exact) mass is 503 g/mol. The lowest BCUT2D eigenvalue weighted by Crippen LogP contribution is -2.32. The van der Waals surface area contributed by atoms with Gasteiger partial charge < -0.3 is 14.2 Å². The Morgan fingerprint density at radius 3 is 2.82 bits per heavy atom. The van der Waals surface area contributed by atoms with E-state index in [1.54, 1.807) is 33.7 Å². The molecular formula is C24H26FN3O4S2. The highest BCUT2D eigenvalue weighted by Crippen LogP contribution is 2.24. The van der Waals surface area contributed by atoms with Crippen LogP contribution in [0.15, 0.2) is 65.8 Å². The number of halogens is 1. The zero-order valence-corrected chi connectivity index (χ0v) is 20.2. The molecule has 7 nitrogen and oxygen atoms in total. The van der Waals surface area contributed by atoms with Gasteiger partial charge in [0.25, 0.3) is 5.91 Å². The summed E-state index contributed by atoms with van der Waals surface area (Å²) >= 11 is 1.34. The zero-order chi connectivity index (χ0) is 24.1. The summed E-state index contributed by atoms with van der Waals surface area (Å²) in [6.07, 6.45) is 4.64. The quantitative estimate of drug-likeness (QED) is 0.390. The molecule has 0 aliphatic carbocycles. The number of aromatic nitrogens is 2. The zero-order valence-electron chi connectivity index (χ0n) is 18.6. The number of rotatable bonds is 10. The predicted octanol–water partition coefficient (Wildman–Crippen LogP) is 4.07. The van der Waals surface area contributed by atoms with E-state index in [2.05, 4.69) is 11.6 Å². The van der Waals surface area contributed by atoms with Gasteiger partial charge in [-0.15, -0.1) is 17.9 Å². The van der Waals surface area contributed by atoms with Crippen LogP contribution in [0, 0.1) is 5.82 Å². The Labute approximate surface area is 202 Å². The molecule has 0 radical (unpaired) electrons. The standard InChI is InChI=1S/C24H26FN3O4S2/c1-2-11-27(23(29)22-10-6-13-33-22)15-19-14-26-24(28(19)16-20-8-5-12-32-20)34(30,31)17-18-7-3-4-9-21(18)25/h2-4,6-7,9-10,13-14,20H,1,5,8,11-12,15-17H2/t20-/m0/s1. The molecule has 0 spiro atoms. The number of hydrogen-bond donors (Lipinski definition) is 0.